The summed E-state index contributed by atoms with van der Waals surface area (Å²) < 4.78 is 0. The number of hydrogen-bond donors (Lipinski definition) is 4. The Kier molecular flexibility index (Phi) is 9.40. The van der Waals surface area contributed by atoms with E-state index >= 15 is 0 Å². The minimum atomic E-state index is -0.672. The maximum absolute atomic E-state index is 13.1. The molecule has 6 heteroatoms. The molecular formula is C28H32N4O2. The van der Waals surface area contributed by atoms with Gasteiger partial charge in [0.2, 0.25) is 5.91 Å². The molecule has 0 heterocycles. The first kappa shape index (κ1) is 24.7. The van der Waals surface area contributed by atoms with Gasteiger partial charge in [-0.25, -0.2) is 0 Å². The Labute approximate surface area is 201 Å². The monoisotopic (exact) mass is 456 g/mol. The van der Waals surface area contributed by atoms with E-state index in [0.29, 0.717) is 43.8 Å². The molecule has 4 N–H and O–H groups in total. The summed E-state index contributed by atoms with van der Waals surface area (Å²) in [6.07, 6.45) is 1.75. The van der Waals surface area contributed by atoms with Crippen LogP contribution in [-0.4, -0.2) is 30.2 Å². The van der Waals surface area contributed by atoms with Gasteiger partial charge in [-0.1, -0.05) is 79.7 Å². The normalized spacial score (nSPS) is 11.3. The summed E-state index contributed by atoms with van der Waals surface area (Å²) in [6.45, 7) is 2.89. The van der Waals surface area contributed by atoms with Crippen molar-refractivity contribution in [1.82, 2.24) is 16.0 Å². The van der Waals surface area contributed by atoms with Crippen molar-refractivity contribution in [2.75, 3.05) is 6.54 Å². The molecule has 0 fully saturated rings. The highest BCUT2D eigenvalue weighted by atomic mass is 16.2. The standard InChI is InChI=1S/C28H32N4O2/c1-2-26(29)30-18-10-17-25(28(34)31-20-21-11-5-3-6-12-21)32-27(33)24-16-9-15-23(19-24)22-13-7-4-8-14-22/h3-9,11-16,19,25H,2,10,17-18,20H2,1H3,(H2,29,30)(H,31,34)(H,32,33)/t25-/m0/s1. The summed E-state index contributed by atoms with van der Waals surface area (Å²) in [4.78, 5) is 26.0. The van der Waals surface area contributed by atoms with Gasteiger partial charge in [-0.15, -0.1) is 0 Å². The van der Waals surface area contributed by atoms with Crippen LogP contribution in [0.2, 0.25) is 0 Å². The average Bonchev–Trinajstić information content (AvgIpc) is 2.89. The van der Waals surface area contributed by atoms with Crippen LogP contribution in [0.25, 0.3) is 11.1 Å². The fourth-order valence-corrected chi connectivity index (χ4v) is 3.56. The lowest BCUT2D eigenvalue weighted by molar-refractivity contribution is -0.123. The molecule has 6 nitrogen and oxygen atoms in total. The van der Waals surface area contributed by atoms with Gasteiger partial charge in [0.05, 0.1) is 5.84 Å². The number of nitrogens with one attached hydrogen (secondary N) is 4. The van der Waals surface area contributed by atoms with Crippen LogP contribution < -0.4 is 16.0 Å². The molecule has 0 bridgehead atoms. The van der Waals surface area contributed by atoms with E-state index in [4.69, 9.17) is 5.41 Å². The summed E-state index contributed by atoms with van der Waals surface area (Å²) in [5.41, 5.74) is 3.47. The lowest BCUT2D eigenvalue weighted by Gasteiger charge is -2.19. The van der Waals surface area contributed by atoms with Crippen molar-refractivity contribution in [3.8, 4) is 11.1 Å². The lowest BCUT2D eigenvalue weighted by atomic mass is 10.0. The van der Waals surface area contributed by atoms with Crippen LogP contribution in [0, 0.1) is 5.41 Å². The minimum Gasteiger partial charge on any atom is -0.374 e. The van der Waals surface area contributed by atoms with Crippen molar-refractivity contribution in [2.24, 2.45) is 0 Å². The van der Waals surface area contributed by atoms with E-state index in [2.05, 4.69) is 16.0 Å². The summed E-state index contributed by atoms with van der Waals surface area (Å²) in [5, 5.41) is 16.6. The molecule has 176 valence electrons. The smallest absolute Gasteiger partial charge is 0.251 e. The van der Waals surface area contributed by atoms with E-state index in [1.807, 2.05) is 85.8 Å². The number of benzene rings is 3. The zero-order valence-electron chi connectivity index (χ0n) is 19.5. The molecule has 0 spiro atoms. The third-order valence-corrected chi connectivity index (χ3v) is 5.52. The first-order valence-corrected chi connectivity index (χ1v) is 11.7. The van der Waals surface area contributed by atoms with Crippen LogP contribution in [0.15, 0.2) is 84.9 Å². The highest BCUT2D eigenvalue weighted by molar-refractivity contribution is 5.98. The van der Waals surface area contributed by atoms with E-state index in [-0.39, 0.29) is 11.8 Å². The topological polar surface area (TPSA) is 94.1 Å². The van der Waals surface area contributed by atoms with Crippen LogP contribution >= 0.6 is 0 Å². The maximum atomic E-state index is 13.1. The zero-order chi connectivity index (χ0) is 24.2. The zero-order valence-corrected chi connectivity index (χ0v) is 19.5. The molecule has 1 atom stereocenters. The molecule has 3 aromatic rings. The number of amidine groups is 1. The molecule has 34 heavy (non-hydrogen) atoms. The number of rotatable bonds is 11. The van der Waals surface area contributed by atoms with Crippen LogP contribution in [-0.2, 0) is 11.3 Å². The first-order valence-electron chi connectivity index (χ1n) is 11.7. The fraction of sp³-hybridized carbons (Fsp3) is 0.250. The Morgan fingerprint density at radius 1 is 0.853 bits per heavy atom. The van der Waals surface area contributed by atoms with Gasteiger partial charge in [-0.05, 0) is 41.7 Å². The highest BCUT2D eigenvalue weighted by Gasteiger charge is 2.21. The van der Waals surface area contributed by atoms with E-state index < -0.39 is 6.04 Å². The van der Waals surface area contributed by atoms with Crippen molar-refractivity contribution in [3.05, 3.63) is 96.1 Å². The van der Waals surface area contributed by atoms with Gasteiger partial charge in [0, 0.05) is 25.1 Å². The van der Waals surface area contributed by atoms with E-state index in [1.165, 1.54) is 0 Å². The predicted octanol–water partition coefficient (Wildman–Crippen LogP) is 4.53. The summed E-state index contributed by atoms with van der Waals surface area (Å²) in [7, 11) is 0. The first-order chi connectivity index (χ1) is 16.6. The number of amides is 2. The van der Waals surface area contributed by atoms with Crippen molar-refractivity contribution >= 4 is 17.6 Å². The average molecular weight is 457 g/mol. The Hall–Kier alpha value is -3.93. The van der Waals surface area contributed by atoms with Crippen molar-refractivity contribution in [3.63, 3.8) is 0 Å². The second kappa shape index (κ2) is 12.9. The second-order valence-electron chi connectivity index (χ2n) is 8.08. The molecule has 3 rings (SSSR count). The Balaban J connectivity index is 1.67. The van der Waals surface area contributed by atoms with E-state index in [0.717, 1.165) is 16.7 Å². The van der Waals surface area contributed by atoms with Crippen molar-refractivity contribution < 1.29 is 9.59 Å². The molecule has 0 aromatic heterocycles. The molecular weight excluding hydrogens is 424 g/mol. The lowest BCUT2D eigenvalue weighted by Crippen LogP contribution is -2.46. The Morgan fingerprint density at radius 3 is 2.24 bits per heavy atom. The Bertz CT molecular complexity index is 1080. The van der Waals surface area contributed by atoms with E-state index in [9.17, 15) is 9.59 Å². The molecule has 3 aromatic carbocycles. The summed E-state index contributed by atoms with van der Waals surface area (Å²) in [5.74, 6) is -0.0410. The molecule has 0 saturated heterocycles. The second-order valence-corrected chi connectivity index (χ2v) is 8.08. The molecule has 0 unspecified atom stereocenters. The van der Waals surface area contributed by atoms with Gasteiger partial charge < -0.3 is 16.0 Å². The number of carbonyl (C=O) groups excluding carboxylic acids is 2. The SMILES string of the molecule is CCC(=N)NCCC[C@H](NC(=O)c1cccc(-c2ccccc2)c1)C(=O)NCc1ccccc1. The third kappa shape index (κ3) is 7.59. The quantitative estimate of drug-likeness (QED) is 0.194. The van der Waals surface area contributed by atoms with E-state index in [1.54, 1.807) is 6.07 Å². The molecule has 0 saturated carbocycles. The fourth-order valence-electron chi connectivity index (χ4n) is 3.56. The highest BCUT2D eigenvalue weighted by Crippen LogP contribution is 2.20. The van der Waals surface area contributed by atoms with Gasteiger partial charge in [0.1, 0.15) is 6.04 Å². The summed E-state index contributed by atoms with van der Waals surface area (Å²) in [6, 6.07) is 26.3. The third-order valence-electron chi connectivity index (χ3n) is 5.52. The maximum Gasteiger partial charge on any atom is 0.251 e. The molecule has 0 aliphatic rings. The predicted molar refractivity (Wildman–Crippen MR) is 137 cm³/mol. The van der Waals surface area contributed by atoms with Crippen molar-refractivity contribution in [2.45, 2.75) is 38.8 Å². The van der Waals surface area contributed by atoms with Crippen LogP contribution in [0.3, 0.4) is 0 Å². The van der Waals surface area contributed by atoms with Crippen molar-refractivity contribution in [1.29, 1.82) is 5.41 Å². The van der Waals surface area contributed by atoms with Crippen LogP contribution in [0.4, 0.5) is 0 Å². The minimum absolute atomic E-state index is 0.220. The molecule has 2 amide bonds. The molecule has 0 aliphatic carbocycles. The van der Waals surface area contributed by atoms with Gasteiger partial charge >= 0.3 is 0 Å². The van der Waals surface area contributed by atoms with Gasteiger partial charge in [0.25, 0.3) is 5.91 Å². The Morgan fingerprint density at radius 2 is 1.53 bits per heavy atom. The summed E-state index contributed by atoms with van der Waals surface area (Å²) >= 11 is 0. The number of hydrogen-bond acceptors (Lipinski definition) is 3. The number of carbonyl (C=O) groups is 2. The molecule has 0 aliphatic heterocycles. The van der Waals surface area contributed by atoms with Crippen LogP contribution in [0.1, 0.15) is 42.1 Å². The largest absolute Gasteiger partial charge is 0.374 e. The van der Waals surface area contributed by atoms with Gasteiger partial charge in [-0.3, -0.25) is 15.0 Å². The van der Waals surface area contributed by atoms with Gasteiger partial charge in [-0.2, -0.15) is 0 Å². The van der Waals surface area contributed by atoms with Gasteiger partial charge in [0.15, 0.2) is 0 Å². The van der Waals surface area contributed by atoms with Crippen LogP contribution in [0.5, 0.6) is 0 Å². The molecule has 0 radical (unpaired) electrons.